The summed E-state index contributed by atoms with van der Waals surface area (Å²) < 4.78 is 28.1. The molecule has 1 atom stereocenters. The summed E-state index contributed by atoms with van der Waals surface area (Å²) in [6.45, 7) is 3.69. The van der Waals surface area contributed by atoms with E-state index in [4.69, 9.17) is 0 Å². The molecular weight excluding hydrogens is 240 g/mol. The standard InChI is InChI=1S/C12H24O4S/c1-4-5-6-7-8-9-17(14,15)11(2)10-12(13)16-3/h11H,4-10H2,1-3H3. The fraction of sp³-hybridized carbons (Fsp3) is 0.917. The average Bonchev–Trinajstić information content (AvgIpc) is 2.28. The van der Waals surface area contributed by atoms with Crippen LogP contribution in [0.1, 0.15) is 52.4 Å². The highest BCUT2D eigenvalue weighted by Gasteiger charge is 2.23. The zero-order valence-electron chi connectivity index (χ0n) is 11.1. The number of rotatable bonds is 9. The Hall–Kier alpha value is -0.580. The highest BCUT2D eigenvalue weighted by Crippen LogP contribution is 2.11. The molecule has 0 aromatic rings. The van der Waals surface area contributed by atoms with E-state index in [0.717, 1.165) is 25.7 Å². The minimum atomic E-state index is -3.15. The third kappa shape index (κ3) is 7.36. The Kier molecular flexibility index (Phi) is 8.21. The molecule has 0 rings (SSSR count). The first-order chi connectivity index (χ1) is 7.94. The third-order valence-corrected chi connectivity index (χ3v) is 5.08. The van der Waals surface area contributed by atoms with Gasteiger partial charge in [0.1, 0.15) is 0 Å². The van der Waals surface area contributed by atoms with Gasteiger partial charge in [-0.25, -0.2) is 8.42 Å². The SMILES string of the molecule is CCCCCCCS(=O)(=O)C(C)CC(=O)OC. The van der Waals surface area contributed by atoms with E-state index < -0.39 is 21.1 Å². The van der Waals surface area contributed by atoms with E-state index in [-0.39, 0.29) is 12.2 Å². The molecular formula is C12H24O4S. The number of methoxy groups -OCH3 is 1. The molecule has 0 aliphatic heterocycles. The molecule has 0 fully saturated rings. The average molecular weight is 264 g/mol. The van der Waals surface area contributed by atoms with Crippen LogP contribution in [0.15, 0.2) is 0 Å². The van der Waals surface area contributed by atoms with Crippen LogP contribution in [0, 0.1) is 0 Å². The highest BCUT2D eigenvalue weighted by atomic mass is 32.2. The van der Waals surface area contributed by atoms with Gasteiger partial charge in [-0.15, -0.1) is 0 Å². The lowest BCUT2D eigenvalue weighted by atomic mass is 10.2. The van der Waals surface area contributed by atoms with Crippen LogP contribution in [0.4, 0.5) is 0 Å². The Bertz CT molecular complexity index is 308. The van der Waals surface area contributed by atoms with Gasteiger partial charge in [-0.2, -0.15) is 0 Å². The van der Waals surface area contributed by atoms with Gasteiger partial charge in [0.05, 0.1) is 24.5 Å². The molecule has 0 saturated heterocycles. The largest absolute Gasteiger partial charge is 0.469 e. The lowest BCUT2D eigenvalue weighted by molar-refractivity contribution is -0.140. The molecule has 0 aliphatic rings. The maximum absolute atomic E-state index is 11.8. The quantitative estimate of drug-likeness (QED) is 0.473. The molecule has 0 amide bonds. The van der Waals surface area contributed by atoms with Crippen LogP contribution in [0.5, 0.6) is 0 Å². The molecule has 0 aromatic carbocycles. The van der Waals surface area contributed by atoms with Crippen LogP contribution in [0.3, 0.4) is 0 Å². The Morgan fingerprint density at radius 1 is 1.18 bits per heavy atom. The smallest absolute Gasteiger partial charge is 0.306 e. The van der Waals surface area contributed by atoms with Crippen molar-refractivity contribution in [1.82, 2.24) is 0 Å². The number of unbranched alkanes of at least 4 members (excludes halogenated alkanes) is 4. The van der Waals surface area contributed by atoms with Crippen molar-refractivity contribution in [3.8, 4) is 0 Å². The Labute approximate surface area is 105 Å². The first kappa shape index (κ1) is 16.4. The van der Waals surface area contributed by atoms with Gasteiger partial charge in [-0.05, 0) is 13.3 Å². The van der Waals surface area contributed by atoms with Gasteiger partial charge >= 0.3 is 5.97 Å². The van der Waals surface area contributed by atoms with Crippen LogP contribution < -0.4 is 0 Å². The third-order valence-electron chi connectivity index (χ3n) is 2.83. The molecule has 5 heteroatoms. The van der Waals surface area contributed by atoms with E-state index >= 15 is 0 Å². The Balaban J connectivity index is 3.97. The van der Waals surface area contributed by atoms with Crippen molar-refractivity contribution in [3.05, 3.63) is 0 Å². The topological polar surface area (TPSA) is 60.4 Å². The summed E-state index contributed by atoms with van der Waals surface area (Å²) in [5.41, 5.74) is 0. The molecule has 17 heavy (non-hydrogen) atoms. The number of carbonyl (C=O) groups is 1. The summed E-state index contributed by atoms with van der Waals surface area (Å²) in [5, 5.41) is -0.638. The minimum Gasteiger partial charge on any atom is -0.469 e. The maximum atomic E-state index is 11.8. The minimum absolute atomic E-state index is 0.0478. The van der Waals surface area contributed by atoms with Crippen LogP contribution in [0.2, 0.25) is 0 Å². The number of hydrogen-bond donors (Lipinski definition) is 0. The van der Waals surface area contributed by atoms with Crippen LogP contribution in [-0.2, 0) is 19.4 Å². The molecule has 0 radical (unpaired) electrons. The highest BCUT2D eigenvalue weighted by molar-refractivity contribution is 7.92. The van der Waals surface area contributed by atoms with Gasteiger partial charge in [0.15, 0.2) is 9.84 Å². The summed E-state index contributed by atoms with van der Waals surface area (Å²) in [6, 6.07) is 0. The lowest BCUT2D eigenvalue weighted by Crippen LogP contribution is -2.24. The number of carbonyl (C=O) groups excluding carboxylic acids is 1. The second-order valence-electron chi connectivity index (χ2n) is 4.37. The maximum Gasteiger partial charge on any atom is 0.306 e. The second-order valence-corrected chi connectivity index (χ2v) is 6.91. The summed E-state index contributed by atoms with van der Waals surface area (Å²) in [5.74, 6) is -0.290. The molecule has 0 aliphatic carbocycles. The molecule has 0 N–H and O–H groups in total. The zero-order chi connectivity index (χ0) is 13.3. The lowest BCUT2D eigenvalue weighted by Gasteiger charge is -2.11. The van der Waals surface area contributed by atoms with E-state index in [2.05, 4.69) is 11.7 Å². The number of ether oxygens (including phenoxy) is 1. The Morgan fingerprint density at radius 3 is 2.29 bits per heavy atom. The summed E-state index contributed by atoms with van der Waals surface area (Å²) >= 11 is 0. The van der Waals surface area contributed by atoms with Gasteiger partial charge in [0.25, 0.3) is 0 Å². The van der Waals surface area contributed by atoms with E-state index in [1.165, 1.54) is 7.11 Å². The molecule has 0 saturated carbocycles. The van der Waals surface area contributed by atoms with Crippen molar-refractivity contribution in [2.24, 2.45) is 0 Å². The van der Waals surface area contributed by atoms with Crippen LogP contribution in [-0.4, -0.2) is 32.5 Å². The molecule has 0 bridgehead atoms. The van der Waals surface area contributed by atoms with Crippen molar-refractivity contribution in [1.29, 1.82) is 0 Å². The second kappa shape index (κ2) is 8.50. The first-order valence-corrected chi connectivity index (χ1v) is 7.94. The fourth-order valence-electron chi connectivity index (χ4n) is 1.55. The number of esters is 1. The molecule has 1 unspecified atom stereocenters. The van der Waals surface area contributed by atoms with Crippen LogP contribution in [0.25, 0.3) is 0 Å². The Morgan fingerprint density at radius 2 is 1.76 bits per heavy atom. The first-order valence-electron chi connectivity index (χ1n) is 6.22. The fourth-order valence-corrected chi connectivity index (χ4v) is 2.95. The molecule has 0 spiro atoms. The van der Waals surface area contributed by atoms with Crippen molar-refractivity contribution in [3.63, 3.8) is 0 Å². The van der Waals surface area contributed by atoms with Crippen molar-refractivity contribution in [2.75, 3.05) is 12.9 Å². The monoisotopic (exact) mass is 264 g/mol. The van der Waals surface area contributed by atoms with E-state index in [0.29, 0.717) is 6.42 Å². The molecule has 0 aromatic heterocycles. The van der Waals surface area contributed by atoms with Crippen molar-refractivity contribution < 1.29 is 17.9 Å². The van der Waals surface area contributed by atoms with Gasteiger partial charge in [-0.1, -0.05) is 32.6 Å². The zero-order valence-corrected chi connectivity index (χ0v) is 11.9. The summed E-state index contributed by atoms with van der Waals surface area (Å²) in [7, 11) is -1.88. The normalized spacial score (nSPS) is 13.4. The molecule has 102 valence electrons. The van der Waals surface area contributed by atoms with Gasteiger partial charge in [0, 0.05) is 0 Å². The summed E-state index contributed by atoms with van der Waals surface area (Å²) in [6.07, 6.45) is 4.96. The summed E-state index contributed by atoms with van der Waals surface area (Å²) in [4.78, 5) is 11.0. The number of hydrogen-bond acceptors (Lipinski definition) is 4. The predicted octanol–water partition coefficient (Wildman–Crippen LogP) is 2.32. The molecule has 4 nitrogen and oxygen atoms in total. The predicted molar refractivity (Wildman–Crippen MR) is 68.6 cm³/mol. The molecule has 0 heterocycles. The van der Waals surface area contributed by atoms with Gasteiger partial charge in [-0.3, -0.25) is 4.79 Å². The van der Waals surface area contributed by atoms with Crippen molar-refractivity contribution >= 4 is 15.8 Å². The number of sulfone groups is 1. The van der Waals surface area contributed by atoms with Crippen molar-refractivity contribution in [2.45, 2.75) is 57.6 Å². The van der Waals surface area contributed by atoms with E-state index in [1.54, 1.807) is 6.92 Å². The van der Waals surface area contributed by atoms with Gasteiger partial charge < -0.3 is 4.74 Å². The van der Waals surface area contributed by atoms with E-state index in [1.807, 2.05) is 0 Å². The van der Waals surface area contributed by atoms with Crippen LogP contribution >= 0.6 is 0 Å². The van der Waals surface area contributed by atoms with E-state index in [9.17, 15) is 13.2 Å². The van der Waals surface area contributed by atoms with Gasteiger partial charge in [0.2, 0.25) is 0 Å².